The number of piperazine rings is 1. The summed E-state index contributed by atoms with van der Waals surface area (Å²) in [6.45, 7) is 4.11. The first-order chi connectivity index (χ1) is 14.6. The van der Waals surface area contributed by atoms with Gasteiger partial charge in [0.2, 0.25) is 5.91 Å². The SMILES string of the molecule is O=C(C1=CCC(=O)N(c2ccc(Br)cc2)N1)N1CCN(CCc2ccccc2)CC1. The molecule has 4 rings (SSSR count). The van der Waals surface area contributed by atoms with E-state index in [9.17, 15) is 9.59 Å². The van der Waals surface area contributed by atoms with Crippen molar-refractivity contribution in [1.82, 2.24) is 15.2 Å². The van der Waals surface area contributed by atoms with Gasteiger partial charge in [0.05, 0.1) is 5.69 Å². The summed E-state index contributed by atoms with van der Waals surface area (Å²) in [5, 5.41) is 1.45. The fraction of sp³-hybridized carbons (Fsp3) is 0.304. The van der Waals surface area contributed by atoms with Gasteiger partial charge in [0.15, 0.2) is 0 Å². The van der Waals surface area contributed by atoms with Gasteiger partial charge in [-0.3, -0.25) is 19.9 Å². The van der Waals surface area contributed by atoms with E-state index in [1.807, 2.05) is 35.2 Å². The third-order valence-corrected chi connectivity index (χ3v) is 6.03. The van der Waals surface area contributed by atoms with Gasteiger partial charge in [0.25, 0.3) is 5.91 Å². The average Bonchev–Trinajstić information content (AvgIpc) is 2.79. The Morgan fingerprint density at radius 2 is 1.67 bits per heavy atom. The van der Waals surface area contributed by atoms with E-state index in [0.29, 0.717) is 24.5 Å². The summed E-state index contributed by atoms with van der Waals surface area (Å²) in [7, 11) is 0. The van der Waals surface area contributed by atoms with Crippen LogP contribution in [0.2, 0.25) is 0 Å². The molecule has 6 nitrogen and oxygen atoms in total. The van der Waals surface area contributed by atoms with Gasteiger partial charge in [-0.1, -0.05) is 46.3 Å². The number of hydrogen-bond acceptors (Lipinski definition) is 4. The summed E-state index contributed by atoms with van der Waals surface area (Å²) in [6, 6.07) is 17.9. The number of nitrogens with zero attached hydrogens (tertiary/aromatic N) is 3. The number of anilines is 1. The number of hydrazine groups is 1. The Hall–Kier alpha value is -2.64. The van der Waals surface area contributed by atoms with Crippen molar-refractivity contribution in [3.63, 3.8) is 0 Å². The first-order valence-electron chi connectivity index (χ1n) is 10.2. The van der Waals surface area contributed by atoms with Crippen molar-refractivity contribution >= 4 is 33.4 Å². The molecule has 0 spiro atoms. The number of halogens is 1. The molecule has 2 amide bonds. The lowest BCUT2D eigenvalue weighted by Gasteiger charge is -2.36. The second kappa shape index (κ2) is 9.45. The molecular formula is C23H25BrN4O2. The summed E-state index contributed by atoms with van der Waals surface area (Å²) < 4.78 is 0.938. The van der Waals surface area contributed by atoms with Crippen molar-refractivity contribution in [2.75, 3.05) is 37.7 Å². The maximum absolute atomic E-state index is 13.0. The topological polar surface area (TPSA) is 55.9 Å². The van der Waals surface area contributed by atoms with E-state index in [1.165, 1.54) is 10.6 Å². The average molecular weight is 469 g/mol. The zero-order valence-corrected chi connectivity index (χ0v) is 18.3. The Balaban J connectivity index is 1.31. The number of rotatable bonds is 5. The minimum atomic E-state index is -0.0837. The Morgan fingerprint density at radius 1 is 0.967 bits per heavy atom. The van der Waals surface area contributed by atoms with Crippen LogP contribution in [0.4, 0.5) is 5.69 Å². The molecule has 2 aliphatic rings. The van der Waals surface area contributed by atoms with E-state index in [2.05, 4.69) is 50.5 Å². The second-order valence-corrected chi connectivity index (χ2v) is 8.42. The number of hydrogen-bond donors (Lipinski definition) is 1. The van der Waals surface area contributed by atoms with Gasteiger partial charge >= 0.3 is 0 Å². The molecule has 1 saturated heterocycles. The van der Waals surface area contributed by atoms with Crippen molar-refractivity contribution in [2.45, 2.75) is 12.8 Å². The van der Waals surface area contributed by atoms with Gasteiger partial charge in [0, 0.05) is 43.6 Å². The van der Waals surface area contributed by atoms with Crippen LogP contribution < -0.4 is 10.4 Å². The molecule has 2 aliphatic heterocycles. The molecule has 0 aliphatic carbocycles. The Kier molecular flexibility index (Phi) is 6.50. The maximum Gasteiger partial charge on any atom is 0.271 e. The van der Waals surface area contributed by atoms with Gasteiger partial charge in [-0.15, -0.1) is 0 Å². The summed E-state index contributed by atoms with van der Waals surface area (Å²) in [5.41, 5.74) is 5.54. The van der Waals surface area contributed by atoms with Gasteiger partial charge in [-0.2, -0.15) is 0 Å². The van der Waals surface area contributed by atoms with Crippen LogP contribution in [0.15, 0.2) is 70.8 Å². The smallest absolute Gasteiger partial charge is 0.271 e. The van der Waals surface area contributed by atoms with Crippen LogP contribution in [0.25, 0.3) is 0 Å². The predicted octanol–water partition coefficient (Wildman–Crippen LogP) is 2.96. The van der Waals surface area contributed by atoms with Gasteiger partial charge in [-0.05, 0) is 42.3 Å². The Morgan fingerprint density at radius 3 is 2.37 bits per heavy atom. The number of carbonyl (C=O) groups excluding carboxylic acids is 2. The highest BCUT2D eigenvalue weighted by Gasteiger charge is 2.28. The highest BCUT2D eigenvalue weighted by Crippen LogP contribution is 2.21. The largest absolute Gasteiger partial charge is 0.335 e. The van der Waals surface area contributed by atoms with Crippen LogP contribution in [-0.4, -0.2) is 54.3 Å². The molecular weight excluding hydrogens is 444 g/mol. The van der Waals surface area contributed by atoms with Gasteiger partial charge < -0.3 is 4.90 Å². The van der Waals surface area contributed by atoms with Crippen molar-refractivity contribution < 1.29 is 9.59 Å². The molecule has 1 fully saturated rings. The Bertz CT molecular complexity index is 922. The predicted molar refractivity (Wildman–Crippen MR) is 121 cm³/mol. The van der Waals surface area contributed by atoms with E-state index in [-0.39, 0.29) is 18.2 Å². The second-order valence-electron chi connectivity index (χ2n) is 7.51. The number of amides is 2. The van der Waals surface area contributed by atoms with Crippen molar-refractivity contribution in [1.29, 1.82) is 0 Å². The summed E-state index contributed by atoms with van der Waals surface area (Å²) in [4.78, 5) is 29.6. The molecule has 0 atom stereocenters. The Labute approximate surface area is 185 Å². The molecule has 0 saturated carbocycles. The zero-order chi connectivity index (χ0) is 20.9. The van der Waals surface area contributed by atoms with Crippen LogP contribution in [-0.2, 0) is 16.0 Å². The third-order valence-electron chi connectivity index (χ3n) is 5.50. The lowest BCUT2D eigenvalue weighted by molar-refractivity contribution is -0.129. The number of benzene rings is 2. The number of nitrogens with one attached hydrogen (secondary N) is 1. The fourth-order valence-corrected chi connectivity index (χ4v) is 3.98. The highest BCUT2D eigenvalue weighted by molar-refractivity contribution is 9.10. The standard InChI is InChI=1S/C23H25BrN4O2/c24-19-6-8-20(9-7-19)28-22(29)11-10-21(25-28)23(30)27-16-14-26(15-17-27)13-12-18-4-2-1-3-5-18/h1-10,25H,11-17H2. The van der Waals surface area contributed by atoms with Crippen LogP contribution in [0.3, 0.4) is 0 Å². The van der Waals surface area contributed by atoms with E-state index >= 15 is 0 Å². The fourth-order valence-electron chi connectivity index (χ4n) is 3.72. The van der Waals surface area contributed by atoms with E-state index in [1.54, 1.807) is 6.08 Å². The van der Waals surface area contributed by atoms with Crippen molar-refractivity contribution in [3.05, 3.63) is 76.4 Å². The van der Waals surface area contributed by atoms with E-state index in [0.717, 1.165) is 30.5 Å². The van der Waals surface area contributed by atoms with Crippen LogP contribution in [0.1, 0.15) is 12.0 Å². The molecule has 0 aromatic heterocycles. The normalized spacial score (nSPS) is 17.5. The maximum atomic E-state index is 13.0. The monoisotopic (exact) mass is 468 g/mol. The first-order valence-corrected chi connectivity index (χ1v) is 11.0. The third kappa shape index (κ3) is 4.91. The van der Waals surface area contributed by atoms with Crippen LogP contribution >= 0.6 is 15.9 Å². The lowest BCUT2D eigenvalue weighted by atomic mass is 10.1. The lowest BCUT2D eigenvalue weighted by Crippen LogP contribution is -2.53. The highest BCUT2D eigenvalue weighted by atomic mass is 79.9. The molecule has 7 heteroatoms. The van der Waals surface area contributed by atoms with Gasteiger partial charge in [-0.25, -0.2) is 5.01 Å². The molecule has 0 unspecified atom stereocenters. The summed E-state index contributed by atoms with van der Waals surface area (Å²) >= 11 is 3.40. The summed E-state index contributed by atoms with van der Waals surface area (Å²) in [5.74, 6) is -0.132. The van der Waals surface area contributed by atoms with E-state index in [4.69, 9.17) is 0 Å². The molecule has 2 heterocycles. The molecule has 2 aromatic rings. The quantitative estimate of drug-likeness (QED) is 0.732. The molecule has 156 valence electrons. The molecule has 0 bridgehead atoms. The summed E-state index contributed by atoms with van der Waals surface area (Å²) in [6.07, 6.45) is 2.93. The minimum absolute atomic E-state index is 0.0488. The zero-order valence-electron chi connectivity index (χ0n) is 16.8. The molecule has 30 heavy (non-hydrogen) atoms. The van der Waals surface area contributed by atoms with Crippen molar-refractivity contribution in [3.8, 4) is 0 Å². The van der Waals surface area contributed by atoms with E-state index < -0.39 is 0 Å². The molecule has 2 aromatic carbocycles. The molecule has 1 N–H and O–H groups in total. The first kappa shape index (κ1) is 20.6. The minimum Gasteiger partial charge on any atom is -0.335 e. The molecule has 0 radical (unpaired) electrons. The number of carbonyl (C=O) groups is 2. The van der Waals surface area contributed by atoms with Crippen molar-refractivity contribution in [2.24, 2.45) is 0 Å². The van der Waals surface area contributed by atoms with Crippen LogP contribution in [0.5, 0.6) is 0 Å². The van der Waals surface area contributed by atoms with Crippen LogP contribution in [0, 0.1) is 0 Å². The van der Waals surface area contributed by atoms with Gasteiger partial charge in [0.1, 0.15) is 5.70 Å².